The quantitative estimate of drug-likeness (QED) is 0.335. The molecule has 6 heteroatoms. The predicted octanol–water partition coefficient (Wildman–Crippen LogP) is -4.00. The van der Waals surface area contributed by atoms with Crippen molar-refractivity contribution < 1.29 is 82.8 Å². The molecule has 0 aliphatic heterocycles. The molecule has 6 heavy (non-hydrogen) atoms. The minimum absolute atomic E-state index is 0. The van der Waals surface area contributed by atoms with Gasteiger partial charge in [-0.2, -0.15) is 0 Å². The predicted molar refractivity (Wildman–Crippen MR) is 9.70 cm³/mol. The molecular formula is NaO3STh+3. The van der Waals surface area contributed by atoms with Gasteiger partial charge in [0.1, 0.15) is 0 Å². The van der Waals surface area contributed by atoms with Gasteiger partial charge in [-0.05, 0) is 0 Å². The first-order chi connectivity index (χ1) is 1.73. The van der Waals surface area contributed by atoms with E-state index in [2.05, 4.69) is 0 Å². The molecule has 0 aromatic rings. The zero-order chi connectivity index (χ0) is 3.58. The summed E-state index contributed by atoms with van der Waals surface area (Å²) in [5.41, 5.74) is 0. The van der Waals surface area contributed by atoms with E-state index in [0.29, 0.717) is 0 Å². The average molecular weight is 335 g/mol. The Morgan fingerprint density at radius 1 is 1.33 bits per heavy atom. The first-order valence-corrected chi connectivity index (χ1v) is 1.50. The van der Waals surface area contributed by atoms with Crippen LogP contribution in [0.1, 0.15) is 0 Å². The minimum Gasteiger partial charge on any atom is -0.784 e. The molecule has 0 bridgehead atoms. The van der Waals surface area contributed by atoms with Crippen LogP contribution in [0.3, 0.4) is 0 Å². The van der Waals surface area contributed by atoms with E-state index in [4.69, 9.17) is 13.3 Å². The third-order valence-corrected chi connectivity index (χ3v) is 0. The van der Waals surface area contributed by atoms with Crippen LogP contribution in [-0.2, 0) is 11.4 Å². The smallest absolute Gasteiger partial charge is 0.784 e. The van der Waals surface area contributed by atoms with E-state index in [1.54, 1.807) is 0 Å². The molecule has 0 N–H and O–H groups in total. The van der Waals surface area contributed by atoms with Gasteiger partial charge in [0, 0.05) is 0 Å². The van der Waals surface area contributed by atoms with E-state index < -0.39 is 11.4 Å². The molecule has 0 fully saturated rings. The number of rotatable bonds is 0. The van der Waals surface area contributed by atoms with Gasteiger partial charge in [0.05, 0.1) is 0 Å². The normalized spacial score (nSPS) is 5.83. The zero-order valence-electron chi connectivity index (χ0n) is 3.13. The summed E-state index contributed by atoms with van der Waals surface area (Å²) in [6, 6.07) is 0. The second-order valence-electron chi connectivity index (χ2n) is 0.204. The van der Waals surface area contributed by atoms with Crippen molar-refractivity contribution in [3.8, 4) is 0 Å². The Morgan fingerprint density at radius 3 is 1.33 bits per heavy atom. The summed E-state index contributed by atoms with van der Waals surface area (Å²) in [6.45, 7) is 0. The van der Waals surface area contributed by atoms with Gasteiger partial charge in [-0.3, -0.25) is 4.21 Å². The Labute approximate surface area is 92.4 Å². The van der Waals surface area contributed by atoms with Crippen molar-refractivity contribution in [3.05, 3.63) is 0 Å². The fourth-order valence-corrected chi connectivity index (χ4v) is 0. The zero-order valence-corrected chi connectivity index (χ0v) is 10.1. The first kappa shape index (κ1) is 15.8. The van der Waals surface area contributed by atoms with Crippen molar-refractivity contribution >= 4 is 11.4 Å². The standard InChI is InChI=1S/Na.H2O3S.Th/c;1-4(2)3;/h;(H2,1,2,3);/q+1;;+4/p-2. The summed E-state index contributed by atoms with van der Waals surface area (Å²) in [5, 5.41) is 0. The maximum Gasteiger partial charge on any atom is 4.00 e. The van der Waals surface area contributed by atoms with Crippen LogP contribution in [0, 0.1) is 39.9 Å². The molecule has 0 aliphatic carbocycles. The number of hydrogen-bond acceptors (Lipinski definition) is 3. The molecule has 0 spiro atoms. The molecule has 0 saturated heterocycles. The molecule has 0 aromatic heterocycles. The molecule has 0 rings (SSSR count). The van der Waals surface area contributed by atoms with Gasteiger partial charge in [-0.15, -0.1) is 11.4 Å². The molecule has 0 saturated carbocycles. The molecule has 0 amide bonds. The SMILES string of the molecule is O=S([O-])[O-].[Na+].[Th+4]. The van der Waals surface area contributed by atoms with Crippen LogP contribution < -0.4 is 29.6 Å². The van der Waals surface area contributed by atoms with Gasteiger partial charge < -0.3 is 9.11 Å². The van der Waals surface area contributed by atoms with Crippen LogP contribution >= 0.6 is 0 Å². The summed E-state index contributed by atoms with van der Waals surface area (Å²) in [4.78, 5) is 0. The molecule has 0 unspecified atom stereocenters. The molecule has 3 nitrogen and oxygen atoms in total. The largest absolute Gasteiger partial charge is 4.00 e. The molecule has 0 heterocycles. The Kier molecular flexibility index (Phi) is 27.3. The van der Waals surface area contributed by atoms with Gasteiger partial charge in [0.25, 0.3) is 0 Å². The second kappa shape index (κ2) is 10.4. The Morgan fingerprint density at radius 2 is 1.33 bits per heavy atom. The number of hydrogen-bond donors (Lipinski definition) is 0. The maximum atomic E-state index is 8.44. The topological polar surface area (TPSA) is 63.2 Å². The third kappa shape index (κ3) is 32.5. The van der Waals surface area contributed by atoms with Crippen molar-refractivity contribution in [2.45, 2.75) is 0 Å². The molecule has 0 radical (unpaired) electrons. The van der Waals surface area contributed by atoms with Gasteiger partial charge >= 0.3 is 69.5 Å². The first-order valence-electron chi connectivity index (χ1n) is 0.500. The van der Waals surface area contributed by atoms with Crippen molar-refractivity contribution in [3.63, 3.8) is 0 Å². The van der Waals surface area contributed by atoms with E-state index in [1.165, 1.54) is 0 Å². The summed E-state index contributed by atoms with van der Waals surface area (Å²) in [6.07, 6.45) is 0. The summed E-state index contributed by atoms with van der Waals surface area (Å²) in [5.74, 6) is 0. The molecule has 0 atom stereocenters. The fourth-order valence-electron chi connectivity index (χ4n) is 0. The monoisotopic (exact) mass is 335 g/mol. The van der Waals surface area contributed by atoms with Crippen molar-refractivity contribution in [1.29, 1.82) is 0 Å². The van der Waals surface area contributed by atoms with Crippen LogP contribution in [0.4, 0.5) is 0 Å². The van der Waals surface area contributed by atoms with Crippen molar-refractivity contribution in [1.82, 2.24) is 0 Å². The third-order valence-electron chi connectivity index (χ3n) is 0. The molecule has 0 aromatic carbocycles. The summed E-state index contributed by atoms with van der Waals surface area (Å²) < 4.78 is 25.3. The molecular weight excluding hydrogens is 335 g/mol. The van der Waals surface area contributed by atoms with E-state index in [0.717, 1.165) is 0 Å². The Bertz CT molecular complexity index is 33.8. The summed E-state index contributed by atoms with van der Waals surface area (Å²) in [7, 11) is 0. The van der Waals surface area contributed by atoms with Crippen molar-refractivity contribution in [2.75, 3.05) is 0 Å². The minimum atomic E-state index is -3.11. The van der Waals surface area contributed by atoms with Gasteiger partial charge in [-0.25, -0.2) is 0 Å². The van der Waals surface area contributed by atoms with Crippen molar-refractivity contribution in [2.24, 2.45) is 0 Å². The van der Waals surface area contributed by atoms with E-state index in [-0.39, 0.29) is 69.5 Å². The Balaban J connectivity index is -0.0000000450. The summed E-state index contributed by atoms with van der Waals surface area (Å²) >= 11 is -3.11. The van der Waals surface area contributed by atoms with Crippen LogP contribution in [-0.4, -0.2) is 13.3 Å². The maximum absolute atomic E-state index is 8.44. The van der Waals surface area contributed by atoms with E-state index >= 15 is 0 Å². The molecule has 26 valence electrons. The Hall–Kier alpha value is 2.39. The fraction of sp³-hybridized carbons (Fsp3) is 0. The van der Waals surface area contributed by atoms with Crippen LogP contribution in [0.25, 0.3) is 0 Å². The molecule has 0 aliphatic rings. The second-order valence-corrected chi connectivity index (χ2v) is 0.612. The van der Waals surface area contributed by atoms with Crippen LogP contribution in [0.5, 0.6) is 0 Å². The van der Waals surface area contributed by atoms with E-state index in [1.807, 2.05) is 0 Å². The van der Waals surface area contributed by atoms with Gasteiger partial charge in [-0.1, -0.05) is 0 Å². The van der Waals surface area contributed by atoms with Crippen LogP contribution in [0.2, 0.25) is 0 Å². The van der Waals surface area contributed by atoms with Gasteiger partial charge in [0.2, 0.25) is 0 Å². The van der Waals surface area contributed by atoms with Gasteiger partial charge in [0.15, 0.2) is 0 Å². The van der Waals surface area contributed by atoms with Crippen LogP contribution in [0.15, 0.2) is 0 Å². The van der Waals surface area contributed by atoms with E-state index in [9.17, 15) is 0 Å². The average Bonchev–Trinajstić information content (AvgIpc) is 0.811.